The lowest BCUT2D eigenvalue weighted by atomic mass is 10.1. The van der Waals surface area contributed by atoms with Crippen molar-refractivity contribution in [3.63, 3.8) is 0 Å². The molecule has 1 aromatic carbocycles. The van der Waals surface area contributed by atoms with Crippen molar-refractivity contribution in [3.8, 4) is 0 Å². The molecule has 1 atom stereocenters. The molecular formula is C14H21NO2. The van der Waals surface area contributed by atoms with E-state index in [9.17, 15) is 0 Å². The third-order valence-corrected chi connectivity index (χ3v) is 3.23. The second-order valence-electron chi connectivity index (χ2n) is 4.47. The van der Waals surface area contributed by atoms with Gasteiger partial charge in [0.1, 0.15) is 0 Å². The van der Waals surface area contributed by atoms with Crippen molar-refractivity contribution in [1.82, 2.24) is 4.90 Å². The Labute approximate surface area is 103 Å². The maximum Gasteiger partial charge on any atom is 0.0623 e. The molecule has 3 nitrogen and oxygen atoms in total. The lowest BCUT2D eigenvalue weighted by Gasteiger charge is -2.35. The minimum absolute atomic E-state index is 0.490. The van der Waals surface area contributed by atoms with Crippen LogP contribution in [0.2, 0.25) is 0 Å². The number of benzene rings is 1. The second-order valence-corrected chi connectivity index (χ2v) is 4.47. The standard InChI is InChI=1S/C14H21NO2/c1-16-9-7-14-12-17-10-8-15(14)11-13-5-3-2-4-6-13/h2-6,14H,7-12H2,1H3. The Kier molecular flexibility index (Phi) is 4.98. The molecule has 0 aliphatic carbocycles. The quantitative estimate of drug-likeness (QED) is 0.778. The molecule has 3 heteroatoms. The number of morpholine rings is 1. The van der Waals surface area contributed by atoms with Gasteiger partial charge in [-0.1, -0.05) is 30.3 Å². The third kappa shape index (κ3) is 3.80. The number of hydrogen-bond donors (Lipinski definition) is 0. The summed E-state index contributed by atoms with van der Waals surface area (Å²) in [5.41, 5.74) is 1.37. The highest BCUT2D eigenvalue weighted by Gasteiger charge is 2.22. The lowest BCUT2D eigenvalue weighted by Crippen LogP contribution is -2.45. The fourth-order valence-corrected chi connectivity index (χ4v) is 2.24. The molecule has 0 radical (unpaired) electrons. The number of ether oxygens (including phenoxy) is 2. The third-order valence-electron chi connectivity index (χ3n) is 3.23. The van der Waals surface area contributed by atoms with Gasteiger partial charge in [0, 0.05) is 32.8 Å². The molecule has 2 rings (SSSR count). The van der Waals surface area contributed by atoms with Crippen molar-refractivity contribution >= 4 is 0 Å². The van der Waals surface area contributed by atoms with E-state index in [1.165, 1.54) is 5.56 Å². The molecule has 0 spiro atoms. The average molecular weight is 235 g/mol. The summed E-state index contributed by atoms with van der Waals surface area (Å²) in [6.45, 7) is 4.51. The van der Waals surface area contributed by atoms with Gasteiger partial charge in [-0.3, -0.25) is 4.90 Å². The van der Waals surface area contributed by atoms with Gasteiger partial charge in [-0.2, -0.15) is 0 Å². The largest absolute Gasteiger partial charge is 0.385 e. The van der Waals surface area contributed by atoms with E-state index in [1.807, 2.05) is 0 Å². The van der Waals surface area contributed by atoms with Crippen molar-refractivity contribution in [2.24, 2.45) is 0 Å². The van der Waals surface area contributed by atoms with E-state index in [2.05, 4.69) is 35.2 Å². The van der Waals surface area contributed by atoms with E-state index in [0.29, 0.717) is 6.04 Å². The molecule has 0 N–H and O–H groups in total. The smallest absolute Gasteiger partial charge is 0.0623 e. The van der Waals surface area contributed by atoms with E-state index in [4.69, 9.17) is 9.47 Å². The van der Waals surface area contributed by atoms with Crippen molar-refractivity contribution in [2.45, 2.75) is 19.0 Å². The molecule has 0 aromatic heterocycles. The van der Waals surface area contributed by atoms with Crippen molar-refractivity contribution in [1.29, 1.82) is 0 Å². The number of hydrogen-bond acceptors (Lipinski definition) is 3. The Bertz CT molecular complexity index is 315. The topological polar surface area (TPSA) is 21.7 Å². The molecule has 1 aliphatic heterocycles. The van der Waals surface area contributed by atoms with Gasteiger partial charge in [-0.05, 0) is 12.0 Å². The minimum atomic E-state index is 0.490. The Balaban J connectivity index is 1.92. The highest BCUT2D eigenvalue weighted by Crippen LogP contribution is 2.14. The van der Waals surface area contributed by atoms with Gasteiger partial charge in [0.15, 0.2) is 0 Å². The van der Waals surface area contributed by atoms with Crippen LogP contribution in [0.1, 0.15) is 12.0 Å². The number of methoxy groups -OCH3 is 1. The van der Waals surface area contributed by atoms with Crippen LogP contribution in [0.25, 0.3) is 0 Å². The normalized spacial score (nSPS) is 21.6. The molecule has 0 bridgehead atoms. The summed E-state index contributed by atoms with van der Waals surface area (Å²) >= 11 is 0. The van der Waals surface area contributed by atoms with Crippen molar-refractivity contribution < 1.29 is 9.47 Å². The van der Waals surface area contributed by atoms with Gasteiger partial charge >= 0.3 is 0 Å². The molecule has 1 aliphatic rings. The van der Waals surface area contributed by atoms with Crippen LogP contribution in [0.3, 0.4) is 0 Å². The van der Waals surface area contributed by atoms with Gasteiger partial charge < -0.3 is 9.47 Å². The molecule has 0 saturated carbocycles. The zero-order chi connectivity index (χ0) is 11.9. The molecule has 1 unspecified atom stereocenters. The number of nitrogens with zero attached hydrogens (tertiary/aromatic N) is 1. The second kappa shape index (κ2) is 6.74. The summed E-state index contributed by atoms with van der Waals surface area (Å²) < 4.78 is 10.7. The first kappa shape index (κ1) is 12.6. The van der Waals surface area contributed by atoms with Crippen molar-refractivity contribution in [2.75, 3.05) is 33.5 Å². The predicted molar refractivity (Wildman–Crippen MR) is 68.0 cm³/mol. The van der Waals surface area contributed by atoms with Crippen LogP contribution in [0.4, 0.5) is 0 Å². The molecule has 1 saturated heterocycles. The van der Waals surface area contributed by atoms with E-state index in [-0.39, 0.29) is 0 Å². The Hall–Kier alpha value is -0.900. The van der Waals surface area contributed by atoms with Crippen LogP contribution in [0.15, 0.2) is 30.3 Å². The van der Waals surface area contributed by atoms with E-state index in [0.717, 1.165) is 39.3 Å². The summed E-state index contributed by atoms with van der Waals surface area (Å²) in [7, 11) is 1.76. The maximum atomic E-state index is 5.55. The molecular weight excluding hydrogens is 214 g/mol. The highest BCUT2D eigenvalue weighted by atomic mass is 16.5. The van der Waals surface area contributed by atoms with Gasteiger partial charge in [0.2, 0.25) is 0 Å². The zero-order valence-corrected chi connectivity index (χ0v) is 10.5. The fraction of sp³-hybridized carbons (Fsp3) is 0.571. The molecule has 1 aromatic rings. The molecule has 17 heavy (non-hydrogen) atoms. The summed E-state index contributed by atoms with van der Waals surface area (Å²) in [4.78, 5) is 2.50. The molecule has 1 heterocycles. The molecule has 94 valence electrons. The van der Waals surface area contributed by atoms with Crippen LogP contribution in [-0.4, -0.2) is 44.4 Å². The Morgan fingerprint density at radius 2 is 2.18 bits per heavy atom. The highest BCUT2D eigenvalue weighted by molar-refractivity contribution is 5.14. The summed E-state index contributed by atoms with van der Waals surface area (Å²) in [6, 6.07) is 11.1. The first-order valence-corrected chi connectivity index (χ1v) is 6.25. The van der Waals surface area contributed by atoms with E-state index >= 15 is 0 Å². The van der Waals surface area contributed by atoms with Crippen LogP contribution in [0, 0.1) is 0 Å². The number of rotatable bonds is 5. The molecule has 1 fully saturated rings. The maximum absolute atomic E-state index is 5.55. The molecule has 0 amide bonds. The van der Waals surface area contributed by atoms with Crippen LogP contribution < -0.4 is 0 Å². The van der Waals surface area contributed by atoms with Gasteiger partial charge in [0.25, 0.3) is 0 Å². The zero-order valence-electron chi connectivity index (χ0n) is 10.5. The van der Waals surface area contributed by atoms with Gasteiger partial charge in [-0.25, -0.2) is 0 Å². The summed E-state index contributed by atoms with van der Waals surface area (Å²) in [5, 5.41) is 0. The summed E-state index contributed by atoms with van der Waals surface area (Å²) in [6.07, 6.45) is 1.04. The van der Waals surface area contributed by atoms with Crippen LogP contribution in [-0.2, 0) is 16.0 Å². The van der Waals surface area contributed by atoms with Gasteiger partial charge in [-0.15, -0.1) is 0 Å². The van der Waals surface area contributed by atoms with Gasteiger partial charge in [0.05, 0.1) is 13.2 Å². The SMILES string of the molecule is COCCC1COCCN1Cc1ccccc1. The Morgan fingerprint density at radius 1 is 1.35 bits per heavy atom. The van der Waals surface area contributed by atoms with E-state index < -0.39 is 0 Å². The predicted octanol–water partition coefficient (Wildman–Crippen LogP) is 1.92. The van der Waals surface area contributed by atoms with Crippen LogP contribution >= 0.6 is 0 Å². The average Bonchev–Trinajstić information content (AvgIpc) is 2.39. The van der Waals surface area contributed by atoms with Crippen molar-refractivity contribution in [3.05, 3.63) is 35.9 Å². The first-order valence-electron chi connectivity index (χ1n) is 6.25. The Morgan fingerprint density at radius 3 is 2.94 bits per heavy atom. The first-order chi connectivity index (χ1) is 8.40. The van der Waals surface area contributed by atoms with E-state index in [1.54, 1.807) is 7.11 Å². The monoisotopic (exact) mass is 235 g/mol. The fourth-order valence-electron chi connectivity index (χ4n) is 2.24. The lowest BCUT2D eigenvalue weighted by molar-refractivity contribution is -0.0218. The summed E-state index contributed by atoms with van der Waals surface area (Å²) in [5.74, 6) is 0. The van der Waals surface area contributed by atoms with Crippen LogP contribution in [0.5, 0.6) is 0 Å². The minimum Gasteiger partial charge on any atom is -0.385 e.